The smallest absolute Gasteiger partial charge is 0.192 e. The van der Waals surface area contributed by atoms with E-state index in [1.165, 1.54) is 40.7 Å². The fourth-order valence-corrected chi connectivity index (χ4v) is 2.73. The van der Waals surface area contributed by atoms with Crippen LogP contribution in [0.3, 0.4) is 0 Å². The first-order valence-corrected chi connectivity index (χ1v) is 6.25. The number of hydrogen-bond acceptors (Lipinski definition) is 5. The van der Waals surface area contributed by atoms with Gasteiger partial charge in [0.15, 0.2) is 4.34 Å². The Kier molecular flexibility index (Phi) is 3.54. The topological polar surface area (TPSA) is 49.6 Å². The maximum absolute atomic E-state index is 12.6. The summed E-state index contributed by atoms with van der Waals surface area (Å²) in [5.41, 5.74) is 0.209. The Balaban J connectivity index is 2.34. The van der Waals surface area contributed by atoms with E-state index in [0.717, 1.165) is 6.07 Å². The fourth-order valence-electron chi connectivity index (χ4n) is 1.23. The number of rotatable bonds is 2. The highest BCUT2D eigenvalue weighted by molar-refractivity contribution is 8.01. The summed E-state index contributed by atoms with van der Waals surface area (Å²) in [6.45, 7) is 0. The Morgan fingerprint density at radius 2 is 2.11 bits per heavy atom. The first-order chi connectivity index (χ1) is 8.50. The normalized spacial score (nSPS) is 11.2. The molecule has 0 saturated heterocycles. The third-order valence-corrected chi connectivity index (χ3v) is 3.73. The molecule has 0 aliphatic rings. The number of nitrogens with zero attached hydrogens (tertiary/aromatic N) is 3. The molecule has 0 saturated carbocycles. The number of benzene rings is 1. The number of aromatic nitrogens is 2. The van der Waals surface area contributed by atoms with E-state index in [1.54, 1.807) is 6.07 Å². The molecule has 0 amide bonds. The molecule has 0 aliphatic heterocycles. The van der Waals surface area contributed by atoms with E-state index in [0.29, 0.717) is 9.24 Å². The lowest BCUT2D eigenvalue weighted by atomic mass is 10.1. The van der Waals surface area contributed by atoms with E-state index in [9.17, 15) is 13.2 Å². The van der Waals surface area contributed by atoms with Crippen LogP contribution >= 0.6 is 23.1 Å². The molecule has 92 valence electrons. The van der Waals surface area contributed by atoms with Crippen LogP contribution in [0.25, 0.3) is 0 Å². The minimum atomic E-state index is -4.52. The molecule has 0 spiro atoms. The van der Waals surface area contributed by atoms with Gasteiger partial charge in [0.25, 0.3) is 0 Å². The summed E-state index contributed by atoms with van der Waals surface area (Å²) in [6, 6.07) is 4.98. The monoisotopic (exact) mass is 287 g/mol. The van der Waals surface area contributed by atoms with Gasteiger partial charge < -0.3 is 0 Å². The van der Waals surface area contributed by atoms with E-state index < -0.39 is 17.3 Å². The minimum Gasteiger partial charge on any atom is -0.192 e. The second-order valence-electron chi connectivity index (χ2n) is 3.12. The summed E-state index contributed by atoms with van der Waals surface area (Å²) in [5, 5.41) is 16.1. The van der Waals surface area contributed by atoms with Gasteiger partial charge in [0.1, 0.15) is 5.51 Å². The average molecular weight is 287 g/mol. The SMILES string of the molecule is N#Cc1cc(Sc2nncs2)ccc1C(F)(F)F. The highest BCUT2D eigenvalue weighted by atomic mass is 32.2. The quantitative estimate of drug-likeness (QED) is 0.847. The van der Waals surface area contributed by atoms with E-state index in [4.69, 9.17) is 5.26 Å². The maximum atomic E-state index is 12.6. The van der Waals surface area contributed by atoms with Gasteiger partial charge in [-0.1, -0.05) is 23.1 Å². The van der Waals surface area contributed by atoms with Crippen molar-refractivity contribution in [3.05, 3.63) is 34.8 Å². The van der Waals surface area contributed by atoms with Crippen molar-refractivity contribution in [2.45, 2.75) is 15.4 Å². The van der Waals surface area contributed by atoms with Crippen LogP contribution in [-0.2, 0) is 6.18 Å². The third-order valence-electron chi connectivity index (χ3n) is 1.96. The van der Waals surface area contributed by atoms with Crippen molar-refractivity contribution < 1.29 is 13.2 Å². The number of hydrogen-bond donors (Lipinski definition) is 0. The van der Waals surface area contributed by atoms with E-state index in [2.05, 4.69) is 10.2 Å². The van der Waals surface area contributed by atoms with Gasteiger partial charge in [-0.3, -0.25) is 0 Å². The van der Waals surface area contributed by atoms with Crippen LogP contribution in [0.4, 0.5) is 13.2 Å². The van der Waals surface area contributed by atoms with Crippen LogP contribution in [0.15, 0.2) is 32.9 Å². The van der Waals surface area contributed by atoms with Crippen LogP contribution in [0, 0.1) is 11.3 Å². The molecule has 0 bridgehead atoms. The number of alkyl halides is 3. The minimum absolute atomic E-state index is 0.392. The molecule has 0 fully saturated rings. The molecule has 1 aromatic heterocycles. The molecule has 18 heavy (non-hydrogen) atoms. The van der Waals surface area contributed by atoms with E-state index in [-0.39, 0.29) is 0 Å². The fraction of sp³-hybridized carbons (Fsp3) is 0.100. The van der Waals surface area contributed by atoms with Crippen LogP contribution in [0.1, 0.15) is 11.1 Å². The third kappa shape index (κ3) is 2.80. The first kappa shape index (κ1) is 12.9. The molecule has 0 N–H and O–H groups in total. The van der Waals surface area contributed by atoms with E-state index >= 15 is 0 Å². The highest BCUT2D eigenvalue weighted by Crippen LogP contribution is 2.35. The Bertz CT molecular complexity index is 587. The van der Waals surface area contributed by atoms with Crippen molar-refractivity contribution in [3.63, 3.8) is 0 Å². The predicted octanol–water partition coefficient (Wildman–Crippen LogP) is 3.58. The van der Waals surface area contributed by atoms with Crippen LogP contribution in [0.5, 0.6) is 0 Å². The van der Waals surface area contributed by atoms with Gasteiger partial charge >= 0.3 is 6.18 Å². The van der Waals surface area contributed by atoms with Crippen LogP contribution in [0.2, 0.25) is 0 Å². The van der Waals surface area contributed by atoms with Crippen molar-refractivity contribution >= 4 is 23.1 Å². The summed E-state index contributed by atoms with van der Waals surface area (Å²) in [6.07, 6.45) is -4.52. The molecule has 0 aliphatic carbocycles. The van der Waals surface area contributed by atoms with Gasteiger partial charge in [-0.25, -0.2) is 0 Å². The summed E-state index contributed by atoms with van der Waals surface area (Å²) in [7, 11) is 0. The summed E-state index contributed by atoms with van der Waals surface area (Å²) < 4.78 is 38.3. The highest BCUT2D eigenvalue weighted by Gasteiger charge is 2.33. The predicted molar refractivity (Wildman–Crippen MR) is 60.2 cm³/mol. The molecule has 1 heterocycles. The molecular weight excluding hydrogens is 283 g/mol. The second kappa shape index (κ2) is 4.96. The van der Waals surface area contributed by atoms with Gasteiger partial charge in [-0.2, -0.15) is 18.4 Å². The average Bonchev–Trinajstić information content (AvgIpc) is 2.80. The molecular formula is C10H4F3N3S2. The molecule has 2 aromatic rings. The van der Waals surface area contributed by atoms with Gasteiger partial charge in [-0.15, -0.1) is 10.2 Å². The Morgan fingerprint density at radius 1 is 1.33 bits per heavy atom. The van der Waals surface area contributed by atoms with Gasteiger partial charge in [0.2, 0.25) is 0 Å². The Labute approximate surface area is 108 Å². The largest absolute Gasteiger partial charge is 0.417 e. The summed E-state index contributed by atoms with van der Waals surface area (Å²) in [5.74, 6) is 0. The Morgan fingerprint density at radius 3 is 2.67 bits per heavy atom. The van der Waals surface area contributed by atoms with Gasteiger partial charge in [0, 0.05) is 4.90 Å². The molecule has 0 radical (unpaired) electrons. The molecule has 0 unspecified atom stereocenters. The zero-order valence-corrected chi connectivity index (χ0v) is 10.2. The summed E-state index contributed by atoms with van der Waals surface area (Å²) in [4.78, 5) is 0.524. The lowest BCUT2D eigenvalue weighted by molar-refractivity contribution is -0.137. The van der Waals surface area contributed by atoms with Crippen LogP contribution in [-0.4, -0.2) is 10.2 Å². The van der Waals surface area contributed by atoms with E-state index in [1.807, 2.05) is 0 Å². The van der Waals surface area contributed by atoms with Crippen molar-refractivity contribution in [2.24, 2.45) is 0 Å². The molecule has 1 aromatic carbocycles. The molecule has 0 atom stereocenters. The first-order valence-electron chi connectivity index (χ1n) is 4.56. The zero-order chi connectivity index (χ0) is 13.2. The maximum Gasteiger partial charge on any atom is 0.417 e. The van der Waals surface area contributed by atoms with Gasteiger partial charge in [0.05, 0.1) is 17.2 Å². The van der Waals surface area contributed by atoms with Crippen molar-refractivity contribution in [3.8, 4) is 6.07 Å². The van der Waals surface area contributed by atoms with Crippen molar-refractivity contribution in [1.29, 1.82) is 5.26 Å². The molecule has 8 heteroatoms. The molecule has 3 nitrogen and oxygen atoms in total. The Hall–Kier alpha value is -1.59. The number of nitriles is 1. The second-order valence-corrected chi connectivity index (χ2v) is 5.28. The number of halogens is 3. The lowest BCUT2D eigenvalue weighted by Crippen LogP contribution is -2.07. The summed E-state index contributed by atoms with van der Waals surface area (Å²) >= 11 is 2.45. The standard InChI is InChI=1S/C10H4F3N3S2/c11-10(12,13)8-2-1-7(3-6(8)4-14)18-9-16-15-5-17-9/h1-3,5H. The van der Waals surface area contributed by atoms with Crippen LogP contribution < -0.4 is 0 Å². The van der Waals surface area contributed by atoms with Gasteiger partial charge in [-0.05, 0) is 18.2 Å². The lowest BCUT2D eigenvalue weighted by Gasteiger charge is -2.09. The zero-order valence-electron chi connectivity index (χ0n) is 8.60. The molecule has 2 rings (SSSR count). The van der Waals surface area contributed by atoms with Crippen molar-refractivity contribution in [1.82, 2.24) is 10.2 Å². The van der Waals surface area contributed by atoms with Crippen molar-refractivity contribution in [2.75, 3.05) is 0 Å².